The molecule has 138 valence electrons. The Balaban J connectivity index is 1.82. The van der Waals surface area contributed by atoms with Crippen molar-refractivity contribution in [2.45, 2.75) is 40.0 Å². The largest absolute Gasteiger partial charge is 0.494 e. The minimum Gasteiger partial charge on any atom is -0.494 e. The molecule has 0 spiro atoms. The Bertz CT molecular complexity index is 809. The summed E-state index contributed by atoms with van der Waals surface area (Å²) in [6.45, 7) is 6.22. The van der Waals surface area contributed by atoms with Crippen molar-refractivity contribution in [1.29, 1.82) is 0 Å². The van der Waals surface area contributed by atoms with E-state index >= 15 is 0 Å². The Hall–Kier alpha value is -2.34. The number of hydrogen-bond acceptors (Lipinski definition) is 4. The summed E-state index contributed by atoms with van der Waals surface area (Å²) < 4.78 is 5.43. The summed E-state index contributed by atoms with van der Waals surface area (Å²) >= 11 is 1.53. The quantitative estimate of drug-likeness (QED) is 0.785. The van der Waals surface area contributed by atoms with Gasteiger partial charge in [0.2, 0.25) is 5.91 Å². The van der Waals surface area contributed by atoms with Gasteiger partial charge in [0.25, 0.3) is 5.91 Å². The Morgan fingerprint density at radius 3 is 2.54 bits per heavy atom. The number of carbonyl (C=O) groups excluding carboxylic acids is 2. The summed E-state index contributed by atoms with van der Waals surface area (Å²) in [4.78, 5) is 26.3. The lowest BCUT2D eigenvalue weighted by atomic mass is 10.1. The predicted octanol–water partition coefficient (Wildman–Crippen LogP) is 4.48. The molecule has 1 aromatic carbocycles. The van der Waals surface area contributed by atoms with Gasteiger partial charge in [-0.05, 0) is 56.0 Å². The second-order valence-corrected chi connectivity index (χ2v) is 7.72. The van der Waals surface area contributed by atoms with Gasteiger partial charge >= 0.3 is 0 Å². The number of hydrogen-bond donors (Lipinski definition) is 2. The fourth-order valence-corrected chi connectivity index (χ4v) is 4.27. The monoisotopic (exact) mass is 372 g/mol. The second kappa shape index (κ2) is 7.91. The highest BCUT2D eigenvalue weighted by molar-refractivity contribution is 7.17. The van der Waals surface area contributed by atoms with Gasteiger partial charge in [0.15, 0.2) is 0 Å². The van der Waals surface area contributed by atoms with E-state index in [2.05, 4.69) is 10.6 Å². The number of aryl methyl sites for hydroxylation is 1. The third-order valence-electron chi connectivity index (χ3n) is 4.33. The maximum atomic E-state index is 12.9. The van der Waals surface area contributed by atoms with Crippen molar-refractivity contribution >= 4 is 33.8 Å². The lowest BCUT2D eigenvalue weighted by Crippen LogP contribution is -2.20. The van der Waals surface area contributed by atoms with E-state index in [-0.39, 0.29) is 17.7 Å². The molecule has 1 aliphatic rings. The fourth-order valence-electron chi connectivity index (χ4n) is 2.98. The summed E-state index contributed by atoms with van der Waals surface area (Å²) in [5.74, 6) is 0.397. The summed E-state index contributed by atoms with van der Waals surface area (Å²) in [6, 6.07) is 7.31. The first kappa shape index (κ1) is 18.5. The average molecular weight is 372 g/mol. The zero-order valence-corrected chi connectivity index (χ0v) is 16.2. The highest BCUT2D eigenvalue weighted by Crippen LogP contribution is 2.39. The van der Waals surface area contributed by atoms with Crippen LogP contribution in [0.15, 0.2) is 24.3 Å². The molecule has 0 unspecified atom stereocenters. The van der Waals surface area contributed by atoms with Crippen molar-refractivity contribution in [3.63, 3.8) is 0 Å². The zero-order chi connectivity index (χ0) is 18.7. The molecule has 0 saturated carbocycles. The number of benzene rings is 1. The van der Waals surface area contributed by atoms with Crippen molar-refractivity contribution in [1.82, 2.24) is 0 Å². The van der Waals surface area contributed by atoms with Gasteiger partial charge in [0.1, 0.15) is 10.8 Å². The summed E-state index contributed by atoms with van der Waals surface area (Å²) in [5.41, 5.74) is 2.40. The number of amides is 2. The topological polar surface area (TPSA) is 67.4 Å². The smallest absolute Gasteiger partial charge is 0.258 e. The predicted molar refractivity (Wildman–Crippen MR) is 105 cm³/mol. The highest BCUT2D eigenvalue weighted by Gasteiger charge is 2.27. The Morgan fingerprint density at radius 2 is 1.88 bits per heavy atom. The van der Waals surface area contributed by atoms with Gasteiger partial charge in [-0.1, -0.05) is 13.8 Å². The first-order valence-electron chi connectivity index (χ1n) is 8.99. The SMILES string of the molecule is CCOc1ccc(NC(=O)c2c(NC(=O)C(C)C)sc3c2CCC3)cc1. The molecule has 2 aromatic rings. The Morgan fingerprint density at radius 1 is 1.15 bits per heavy atom. The molecule has 1 aliphatic carbocycles. The number of rotatable bonds is 6. The van der Waals surface area contributed by atoms with Crippen LogP contribution in [-0.2, 0) is 17.6 Å². The molecule has 2 amide bonds. The van der Waals surface area contributed by atoms with Crippen molar-refractivity contribution in [2.75, 3.05) is 17.2 Å². The first-order chi connectivity index (χ1) is 12.5. The van der Waals surface area contributed by atoms with E-state index in [9.17, 15) is 9.59 Å². The molecule has 0 fully saturated rings. The zero-order valence-electron chi connectivity index (χ0n) is 15.3. The third-order valence-corrected chi connectivity index (χ3v) is 5.54. The molecule has 0 atom stereocenters. The molecule has 1 heterocycles. The molecule has 0 bridgehead atoms. The van der Waals surface area contributed by atoms with Gasteiger partial charge < -0.3 is 15.4 Å². The van der Waals surface area contributed by atoms with Crippen LogP contribution < -0.4 is 15.4 Å². The van der Waals surface area contributed by atoms with Gasteiger partial charge in [-0.15, -0.1) is 11.3 Å². The van der Waals surface area contributed by atoms with Gasteiger partial charge in [0.05, 0.1) is 12.2 Å². The lowest BCUT2D eigenvalue weighted by Gasteiger charge is -2.11. The second-order valence-electron chi connectivity index (χ2n) is 6.62. The number of carbonyl (C=O) groups is 2. The molecule has 0 saturated heterocycles. The average Bonchev–Trinajstić information content (AvgIpc) is 3.17. The molecule has 0 radical (unpaired) electrons. The molecular weight excluding hydrogens is 348 g/mol. The summed E-state index contributed by atoms with van der Waals surface area (Å²) in [5, 5.41) is 6.54. The van der Waals surface area contributed by atoms with E-state index in [1.165, 1.54) is 16.2 Å². The molecule has 26 heavy (non-hydrogen) atoms. The van der Waals surface area contributed by atoms with E-state index in [4.69, 9.17) is 4.74 Å². The van der Waals surface area contributed by atoms with Gasteiger partial charge in [-0.25, -0.2) is 0 Å². The maximum absolute atomic E-state index is 12.9. The molecule has 0 aliphatic heterocycles. The van der Waals surface area contributed by atoms with Crippen LogP contribution >= 0.6 is 11.3 Å². The number of anilines is 2. The van der Waals surface area contributed by atoms with Crippen molar-refractivity contribution in [3.8, 4) is 5.75 Å². The van der Waals surface area contributed by atoms with Crippen LogP contribution in [0.4, 0.5) is 10.7 Å². The van der Waals surface area contributed by atoms with Gasteiger partial charge in [-0.3, -0.25) is 9.59 Å². The van der Waals surface area contributed by atoms with Crippen LogP contribution in [0.1, 0.15) is 48.0 Å². The van der Waals surface area contributed by atoms with E-state index in [0.29, 0.717) is 22.9 Å². The number of thiophene rings is 1. The van der Waals surface area contributed by atoms with Crippen LogP contribution in [0.3, 0.4) is 0 Å². The standard InChI is InChI=1S/C20H24N2O3S/c1-4-25-14-10-8-13(9-11-14)21-19(24)17-15-6-5-7-16(15)26-20(17)22-18(23)12(2)3/h8-12H,4-7H2,1-3H3,(H,21,24)(H,22,23). The van der Waals surface area contributed by atoms with E-state index in [0.717, 1.165) is 30.6 Å². The number of nitrogens with one attached hydrogen (secondary N) is 2. The summed E-state index contributed by atoms with van der Waals surface area (Å²) in [6.07, 6.45) is 2.92. The van der Waals surface area contributed by atoms with Crippen LogP contribution in [0.2, 0.25) is 0 Å². The molecule has 1 aromatic heterocycles. The van der Waals surface area contributed by atoms with Crippen LogP contribution in [-0.4, -0.2) is 18.4 Å². The number of fused-ring (bicyclic) bond motifs is 1. The molecule has 2 N–H and O–H groups in total. The van der Waals surface area contributed by atoms with Crippen LogP contribution in [0.25, 0.3) is 0 Å². The third kappa shape index (κ3) is 3.90. The van der Waals surface area contributed by atoms with E-state index in [1.54, 1.807) is 0 Å². The Labute approximate surface area is 157 Å². The highest BCUT2D eigenvalue weighted by atomic mass is 32.1. The number of ether oxygens (including phenoxy) is 1. The van der Waals surface area contributed by atoms with Crippen LogP contribution in [0.5, 0.6) is 5.75 Å². The molecule has 3 rings (SSSR count). The summed E-state index contributed by atoms with van der Waals surface area (Å²) in [7, 11) is 0. The first-order valence-corrected chi connectivity index (χ1v) is 9.80. The molecular formula is C20H24N2O3S. The minimum absolute atomic E-state index is 0.0694. The fraction of sp³-hybridized carbons (Fsp3) is 0.400. The van der Waals surface area contributed by atoms with Crippen LogP contribution in [0, 0.1) is 5.92 Å². The lowest BCUT2D eigenvalue weighted by molar-refractivity contribution is -0.118. The van der Waals surface area contributed by atoms with Crippen molar-refractivity contribution in [3.05, 3.63) is 40.3 Å². The molecule has 5 nitrogen and oxygen atoms in total. The van der Waals surface area contributed by atoms with Crippen molar-refractivity contribution in [2.24, 2.45) is 5.92 Å². The Kier molecular flexibility index (Phi) is 5.61. The van der Waals surface area contributed by atoms with E-state index in [1.807, 2.05) is 45.0 Å². The molecule has 6 heteroatoms. The maximum Gasteiger partial charge on any atom is 0.258 e. The van der Waals surface area contributed by atoms with E-state index < -0.39 is 0 Å². The van der Waals surface area contributed by atoms with Gasteiger partial charge in [0, 0.05) is 16.5 Å². The normalized spacial score (nSPS) is 12.8. The minimum atomic E-state index is -0.174. The van der Waals surface area contributed by atoms with Gasteiger partial charge in [-0.2, -0.15) is 0 Å². The van der Waals surface area contributed by atoms with Crippen molar-refractivity contribution < 1.29 is 14.3 Å².